The molecule has 2 heteroatoms. The molecule has 22 heavy (non-hydrogen) atoms. The van der Waals surface area contributed by atoms with E-state index < -0.39 is 0 Å². The fourth-order valence-corrected chi connectivity index (χ4v) is 4.72. The normalized spacial score (nSPS) is 36.6. The van der Waals surface area contributed by atoms with Crippen molar-refractivity contribution in [2.24, 2.45) is 15.8 Å². The van der Waals surface area contributed by atoms with E-state index >= 15 is 0 Å². The Kier molecular flexibility index (Phi) is 2.05. The third-order valence-corrected chi connectivity index (χ3v) is 6.10. The van der Waals surface area contributed by atoms with E-state index in [2.05, 4.69) is 67.8 Å². The van der Waals surface area contributed by atoms with Crippen LogP contribution in [0.4, 0.5) is 0 Å². The number of allylic oxidation sites excluding steroid dienone is 12. The molecule has 0 spiro atoms. The van der Waals surface area contributed by atoms with Gasteiger partial charge in [-0.15, -0.1) is 0 Å². The third-order valence-electron chi connectivity index (χ3n) is 6.10. The van der Waals surface area contributed by atoms with Gasteiger partial charge in [-0.2, -0.15) is 0 Å². The molecular weight excluding hydrogens is 268 g/mol. The molecule has 0 aromatic heterocycles. The summed E-state index contributed by atoms with van der Waals surface area (Å²) < 4.78 is 0. The Labute approximate surface area is 130 Å². The third kappa shape index (κ3) is 1.10. The molecule has 5 rings (SSSR count). The number of fused-ring (bicyclic) bond motifs is 2. The van der Waals surface area contributed by atoms with Gasteiger partial charge in [-0.3, -0.25) is 4.99 Å². The second-order valence-electron chi connectivity index (χ2n) is 6.79. The summed E-state index contributed by atoms with van der Waals surface area (Å²) in [7, 11) is 0. The Morgan fingerprint density at radius 3 is 2.27 bits per heavy atom. The summed E-state index contributed by atoms with van der Waals surface area (Å²) in [6.45, 7) is 5.57. The predicted molar refractivity (Wildman–Crippen MR) is 90.3 cm³/mol. The first-order valence-corrected chi connectivity index (χ1v) is 7.89. The van der Waals surface area contributed by atoms with Gasteiger partial charge in [-0.1, -0.05) is 62.5 Å². The Hall–Kier alpha value is -2.35. The van der Waals surface area contributed by atoms with Crippen LogP contribution in [0.1, 0.15) is 13.8 Å². The van der Waals surface area contributed by atoms with Gasteiger partial charge in [0.2, 0.25) is 0 Å². The van der Waals surface area contributed by atoms with Crippen molar-refractivity contribution in [1.82, 2.24) is 5.32 Å². The number of aliphatic imine (C=N–C) groups is 1. The molecule has 0 aromatic rings. The SMILES string of the molecule is C[C@@]12C3=CC=C4C=CC=C(C5=C(N=CCN5)C1=CC=C3)[C@@]42C. The van der Waals surface area contributed by atoms with Gasteiger partial charge < -0.3 is 5.32 Å². The van der Waals surface area contributed by atoms with E-state index in [4.69, 9.17) is 4.99 Å². The van der Waals surface area contributed by atoms with Crippen molar-refractivity contribution in [1.29, 1.82) is 0 Å². The predicted octanol–water partition coefficient (Wildman–Crippen LogP) is 3.76. The van der Waals surface area contributed by atoms with Gasteiger partial charge >= 0.3 is 0 Å². The summed E-state index contributed by atoms with van der Waals surface area (Å²) >= 11 is 0. The van der Waals surface area contributed by atoms with Gasteiger partial charge in [-0.25, -0.2) is 0 Å². The highest BCUT2D eigenvalue weighted by Crippen LogP contribution is 2.67. The Balaban J connectivity index is 1.96. The fourth-order valence-electron chi connectivity index (χ4n) is 4.72. The first-order chi connectivity index (χ1) is 10.7. The average Bonchev–Trinajstić information content (AvgIpc) is 2.54. The van der Waals surface area contributed by atoms with Crippen LogP contribution < -0.4 is 5.32 Å². The van der Waals surface area contributed by atoms with Crippen LogP contribution in [0, 0.1) is 10.8 Å². The highest BCUT2D eigenvalue weighted by molar-refractivity contribution is 5.75. The van der Waals surface area contributed by atoms with Gasteiger partial charge in [0, 0.05) is 17.0 Å². The van der Waals surface area contributed by atoms with Crippen LogP contribution in [-0.2, 0) is 0 Å². The minimum absolute atomic E-state index is 0.0406. The number of rotatable bonds is 0. The van der Waals surface area contributed by atoms with Crippen LogP contribution in [0.5, 0.6) is 0 Å². The number of nitrogens with zero attached hydrogens (tertiary/aromatic N) is 1. The number of nitrogens with one attached hydrogen (secondary N) is 1. The minimum Gasteiger partial charge on any atom is -0.378 e. The molecular formula is C20H18N2. The summed E-state index contributed by atoms with van der Waals surface area (Å²) in [5.74, 6) is 0. The largest absolute Gasteiger partial charge is 0.378 e. The lowest BCUT2D eigenvalue weighted by atomic mass is 9.45. The second-order valence-corrected chi connectivity index (χ2v) is 6.79. The van der Waals surface area contributed by atoms with Crippen molar-refractivity contribution in [3.63, 3.8) is 0 Å². The zero-order chi connectivity index (χ0) is 14.9. The van der Waals surface area contributed by atoms with Crippen LogP contribution in [0.25, 0.3) is 0 Å². The summed E-state index contributed by atoms with van der Waals surface area (Å²) in [6.07, 6.45) is 19.9. The van der Waals surface area contributed by atoms with E-state index in [1.54, 1.807) is 0 Å². The van der Waals surface area contributed by atoms with Crippen LogP contribution >= 0.6 is 0 Å². The maximum Gasteiger partial charge on any atom is 0.0902 e. The molecule has 108 valence electrons. The average molecular weight is 286 g/mol. The van der Waals surface area contributed by atoms with Crippen molar-refractivity contribution in [3.05, 3.63) is 82.3 Å². The van der Waals surface area contributed by atoms with E-state index in [1.807, 2.05) is 6.21 Å². The molecule has 0 fully saturated rings. The van der Waals surface area contributed by atoms with Crippen molar-refractivity contribution in [3.8, 4) is 0 Å². The Morgan fingerprint density at radius 1 is 0.909 bits per heavy atom. The van der Waals surface area contributed by atoms with E-state index in [-0.39, 0.29) is 10.8 Å². The smallest absolute Gasteiger partial charge is 0.0902 e. The van der Waals surface area contributed by atoms with Crippen LogP contribution in [0.15, 0.2) is 87.3 Å². The van der Waals surface area contributed by atoms with Gasteiger partial charge in [0.15, 0.2) is 0 Å². The lowest BCUT2D eigenvalue weighted by Crippen LogP contribution is -2.51. The molecule has 0 bridgehead atoms. The molecule has 1 N–H and O–H groups in total. The van der Waals surface area contributed by atoms with Crippen LogP contribution in [0.2, 0.25) is 0 Å². The van der Waals surface area contributed by atoms with Gasteiger partial charge in [-0.05, 0) is 22.3 Å². The van der Waals surface area contributed by atoms with Gasteiger partial charge in [0.05, 0.1) is 17.9 Å². The number of hydrogen-bond acceptors (Lipinski definition) is 2. The summed E-state index contributed by atoms with van der Waals surface area (Å²) in [5.41, 5.74) is 7.70. The zero-order valence-corrected chi connectivity index (χ0v) is 12.9. The maximum atomic E-state index is 4.77. The molecule has 1 heterocycles. The Bertz CT molecular complexity index is 854. The Morgan fingerprint density at radius 2 is 1.55 bits per heavy atom. The zero-order valence-electron chi connectivity index (χ0n) is 12.9. The molecule has 0 amide bonds. The lowest BCUT2D eigenvalue weighted by molar-refractivity contribution is 0.238. The lowest BCUT2D eigenvalue weighted by Gasteiger charge is -2.58. The molecule has 4 aliphatic carbocycles. The highest BCUT2D eigenvalue weighted by Gasteiger charge is 2.59. The van der Waals surface area contributed by atoms with Crippen molar-refractivity contribution >= 4 is 6.21 Å². The van der Waals surface area contributed by atoms with Crippen molar-refractivity contribution in [2.75, 3.05) is 6.54 Å². The van der Waals surface area contributed by atoms with Gasteiger partial charge in [0.25, 0.3) is 0 Å². The molecule has 1 aliphatic heterocycles. The van der Waals surface area contributed by atoms with E-state index in [9.17, 15) is 0 Å². The van der Waals surface area contributed by atoms with E-state index in [1.165, 1.54) is 28.0 Å². The van der Waals surface area contributed by atoms with Gasteiger partial charge in [0.1, 0.15) is 0 Å². The molecule has 0 radical (unpaired) electrons. The van der Waals surface area contributed by atoms with E-state index in [0.29, 0.717) is 0 Å². The molecule has 0 aromatic carbocycles. The monoisotopic (exact) mass is 286 g/mol. The van der Waals surface area contributed by atoms with E-state index in [0.717, 1.165) is 12.2 Å². The second kappa shape index (κ2) is 3.70. The van der Waals surface area contributed by atoms with Crippen molar-refractivity contribution < 1.29 is 0 Å². The first-order valence-electron chi connectivity index (χ1n) is 7.89. The van der Waals surface area contributed by atoms with Crippen LogP contribution in [-0.4, -0.2) is 12.8 Å². The number of hydrogen-bond donors (Lipinski definition) is 1. The molecule has 5 aliphatic rings. The standard InChI is InChI=1S/C20H18N2/c1-19-13-5-3-7-15(19)17-18(22-12-11-21-17)16-8-4-6-14(10-9-13)20(16,19)2/h3-11,22H,12H2,1-2H3/t19-,20-/m1/s1. The molecule has 0 saturated heterocycles. The summed E-state index contributed by atoms with van der Waals surface area (Å²) in [4.78, 5) is 4.77. The first kappa shape index (κ1) is 12.2. The van der Waals surface area contributed by atoms with Crippen molar-refractivity contribution in [2.45, 2.75) is 13.8 Å². The minimum atomic E-state index is -0.0579. The molecule has 2 atom stereocenters. The summed E-state index contributed by atoms with van der Waals surface area (Å²) in [5, 5.41) is 3.57. The summed E-state index contributed by atoms with van der Waals surface area (Å²) in [6, 6.07) is 0. The maximum absolute atomic E-state index is 4.77. The highest BCUT2D eigenvalue weighted by atomic mass is 15.0. The topological polar surface area (TPSA) is 24.4 Å². The molecule has 0 saturated carbocycles. The quantitative estimate of drug-likeness (QED) is 0.720. The fraction of sp³-hybridized carbons (Fsp3) is 0.250. The molecule has 0 unspecified atom stereocenters. The van der Waals surface area contributed by atoms with Crippen LogP contribution in [0.3, 0.4) is 0 Å². The molecule has 2 nitrogen and oxygen atoms in total.